The first-order valence-electron chi connectivity index (χ1n) is 7.24. The van der Waals surface area contributed by atoms with Crippen LogP contribution in [0.15, 0.2) is 0 Å². The van der Waals surface area contributed by atoms with Gasteiger partial charge in [0.15, 0.2) is 0 Å². The van der Waals surface area contributed by atoms with Crippen molar-refractivity contribution in [3.8, 4) is 0 Å². The van der Waals surface area contributed by atoms with E-state index in [1.165, 1.54) is 30.6 Å². The maximum absolute atomic E-state index is 4.62. The number of aryl methyl sites for hydroxylation is 1. The minimum Gasteiger partial charge on any atom is -0.366 e. The van der Waals surface area contributed by atoms with E-state index in [0.717, 1.165) is 37.7 Å². The smallest absolute Gasteiger partial charge is 0.134 e. The maximum atomic E-state index is 4.62. The molecule has 5 heteroatoms. The Hall–Kier alpha value is -1.20. The number of nitrogens with zero attached hydrogens (tertiary/aromatic N) is 3. The molecule has 19 heavy (non-hydrogen) atoms. The minimum absolute atomic E-state index is 0.513. The average molecular weight is 261 g/mol. The Morgan fingerprint density at radius 2 is 2.26 bits per heavy atom. The average Bonchev–Trinajstić information content (AvgIpc) is 2.38. The van der Waals surface area contributed by atoms with Crippen molar-refractivity contribution in [1.29, 1.82) is 0 Å². The predicted molar refractivity (Wildman–Crippen MR) is 76.3 cm³/mol. The van der Waals surface area contributed by atoms with Gasteiger partial charge in [-0.05, 0) is 33.4 Å². The van der Waals surface area contributed by atoms with E-state index in [2.05, 4.69) is 32.5 Å². The van der Waals surface area contributed by atoms with E-state index in [-0.39, 0.29) is 0 Å². The molecule has 0 amide bonds. The number of rotatable bonds is 2. The molecule has 0 saturated carbocycles. The van der Waals surface area contributed by atoms with Gasteiger partial charge in [-0.15, -0.1) is 0 Å². The second-order valence-corrected chi connectivity index (χ2v) is 5.72. The van der Waals surface area contributed by atoms with Crippen molar-refractivity contribution < 1.29 is 0 Å². The number of anilines is 1. The first-order valence-corrected chi connectivity index (χ1v) is 7.24. The molecule has 1 unspecified atom stereocenters. The minimum atomic E-state index is 0.513. The van der Waals surface area contributed by atoms with E-state index >= 15 is 0 Å². The number of fused-ring (bicyclic) bond motifs is 1. The van der Waals surface area contributed by atoms with Crippen molar-refractivity contribution in [3.63, 3.8) is 0 Å². The lowest BCUT2D eigenvalue weighted by Crippen LogP contribution is -2.40. The third-order valence-corrected chi connectivity index (χ3v) is 4.01. The van der Waals surface area contributed by atoms with Crippen LogP contribution in [0.25, 0.3) is 0 Å². The number of piperidine rings is 1. The van der Waals surface area contributed by atoms with Crippen LogP contribution in [0.4, 0.5) is 5.82 Å². The molecule has 1 atom stereocenters. The summed E-state index contributed by atoms with van der Waals surface area (Å²) in [6, 6.07) is 0.513. The molecule has 1 fully saturated rings. The van der Waals surface area contributed by atoms with Crippen LogP contribution in [0, 0.1) is 6.92 Å². The molecule has 2 aliphatic heterocycles. The Morgan fingerprint density at radius 3 is 3.11 bits per heavy atom. The summed E-state index contributed by atoms with van der Waals surface area (Å²) < 4.78 is 0. The van der Waals surface area contributed by atoms with Gasteiger partial charge in [-0.3, -0.25) is 0 Å². The van der Waals surface area contributed by atoms with E-state index < -0.39 is 0 Å². The number of hydrogen-bond donors (Lipinski definition) is 2. The molecule has 0 bridgehead atoms. The molecule has 1 aromatic heterocycles. The normalized spacial score (nSPS) is 24.0. The molecule has 0 aromatic carbocycles. The molecule has 5 nitrogen and oxygen atoms in total. The monoisotopic (exact) mass is 261 g/mol. The quantitative estimate of drug-likeness (QED) is 0.830. The zero-order valence-corrected chi connectivity index (χ0v) is 11.9. The highest BCUT2D eigenvalue weighted by molar-refractivity contribution is 5.48. The van der Waals surface area contributed by atoms with Crippen molar-refractivity contribution in [2.24, 2.45) is 0 Å². The third-order valence-electron chi connectivity index (χ3n) is 4.01. The number of aromatic nitrogens is 2. The largest absolute Gasteiger partial charge is 0.366 e. The Kier molecular flexibility index (Phi) is 3.66. The van der Waals surface area contributed by atoms with Gasteiger partial charge >= 0.3 is 0 Å². The van der Waals surface area contributed by atoms with Gasteiger partial charge in [-0.2, -0.15) is 0 Å². The van der Waals surface area contributed by atoms with Crippen molar-refractivity contribution in [3.05, 3.63) is 17.1 Å². The van der Waals surface area contributed by atoms with Crippen LogP contribution in [-0.4, -0.2) is 47.6 Å². The molecular weight excluding hydrogens is 238 g/mol. The molecule has 104 valence electrons. The fourth-order valence-corrected chi connectivity index (χ4v) is 3.06. The summed E-state index contributed by atoms with van der Waals surface area (Å²) in [5.74, 6) is 1.93. The van der Waals surface area contributed by atoms with Gasteiger partial charge in [-0.1, -0.05) is 0 Å². The number of likely N-dealkylation sites (N-methyl/N-ethyl adjacent to an activating group) is 1. The van der Waals surface area contributed by atoms with Crippen LogP contribution in [0.1, 0.15) is 29.9 Å². The fraction of sp³-hybridized carbons (Fsp3) is 0.714. The number of hydrogen-bond acceptors (Lipinski definition) is 5. The predicted octanol–water partition coefficient (Wildman–Crippen LogP) is 0.937. The second-order valence-electron chi connectivity index (χ2n) is 5.72. The highest BCUT2D eigenvalue weighted by Gasteiger charge is 2.21. The lowest BCUT2D eigenvalue weighted by atomic mass is 10.0. The van der Waals surface area contributed by atoms with Crippen molar-refractivity contribution in [1.82, 2.24) is 20.2 Å². The van der Waals surface area contributed by atoms with Gasteiger partial charge in [-0.25, -0.2) is 9.97 Å². The van der Waals surface area contributed by atoms with Gasteiger partial charge < -0.3 is 15.5 Å². The first kappa shape index (κ1) is 12.8. The maximum Gasteiger partial charge on any atom is 0.134 e. The zero-order chi connectivity index (χ0) is 13.2. The lowest BCUT2D eigenvalue weighted by Gasteiger charge is -2.31. The SMILES string of the molecule is Cc1nc2c(c(NC3CCCN(C)C3)n1)CNCC2. The fourth-order valence-electron chi connectivity index (χ4n) is 3.06. The van der Waals surface area contributed by atoms with Crippen LogP contribution in [0.3, 0.4) is 0 Å². The number of nitrogens with one attached hydrogen (secondary N) is 2. The Labute approximate surface area is 114 Å². The standard InChI is InChI=1S/C14H23N5/c1-10-16-13-5-6-15-8-12(13)14(17-10)18-11-4-3-7-19(2)9-11/h11,15H,3-9H2,1-2H3,(H,16,17,18). The molecule has 2 N–H and O–H groups in total. The third kappa shape index (κ3) is 2.87. The van der Waals surface area contributed by atoms with Crippen molar-refractivity contribution in [2.45, 2.75) is 38.8 Å². The van der Waals surface area contributed by atoms with Crippen LogP contribution >= 0.6 is 0 Å². The topological polar surface area (TPSA) is 53.1 Å². The summed E-state index contributed by atoms with van der Waals surface area (Å²) >= 11 is 0. The highest BCUT2D eigenvalue weighted by atomic mass is 15.2. The summed E-state index contributed by atoms with van der Waals surface area (Å²) in [7, 11) is 2.19. The molecule has 0 spiro atoms. The molecule has 3 rings (SSSR count). The molecule has 3 heterocycles. The molecule has 0 aliphatic carbocycles. The number of likely N-dealkylation sites (tertiary alicyclic amines) is 1. The van der Waals surface area contributed by atoms with Crippen LogP contribution in [0.2, 0.25) is 0 Å². The summed E-state index contributed by atoms with van der Waals surface area (Å²) in [4.78, 5) is 11.6. The molecular formula is C14H23N5. The summed E-state index contributed by atoms with van der Waals surface area (Å²) in [5, 5.41) is 7.06. The van der Waals surface area contributed by atoms with Crippen LogP contribution in [-0.2, 0) is 13.0 Å². The van der Waals surface area contributed by atoms with Gasteiger partial charge in [0.1, 0.15) is 11.6 Å². The van der Waals surface area contributed by atoms with E-state index in [1.54, 1.807) is 0 Å². The van der Waals surface area contributed by atoms with Gasteiger partial charge in [0, 0.05) is 37.7 Å². The Morgan fingerprint density at radius 1 is 1.37 bits per heavy atom. The molecule has 2 aliphatic rings. The second kappa shape index (κ2) is 5.43. The Balaban J connectivity index is 1.81. The van der Waals surface area contributed by atoms with E-state index in [9.17, 15) is 0 Å². The summed E-state index contributed by atoms with van der Waals surface area (Å²) in [6.07, 6.45) is 3.51. The van der Waals surface area contributed by atoms with Gasteiger partial charge in [0.25, 0.3) is 0 Å². The molecule has 1 saturated heterocycles. The lowest BCUT2D eigenvalue weighted by molar-refractivity contribution is 0.260. The van der Waals surface area contributed by atoms with Crippen LogP contribution in [0.5, 0.6) is 0 Å². The molecule has 1 aromatic rings. The van der Waals surface area contributed by atoms with E-state index in [0.29, 0.717) is 6.04 Å². The van der Waals surface area contributed by atoms with Gasteiger partial charge in [0.05, 0.1) is 5.69 Å². The Bertz CT molecular complexity index is 459. The van der Waals surface area contributed by atoms with Crippen molar-refractivity contribution in [2.75, 3.05) is 32.0 Å². The first-order chi connectivity index (χ1) is 9.22. The molecule has 0 radical (unpaired) electrons. The van der Waals surface area contributed by atoms with Crippen molar-refractivity contribution >= 4 is 5.82 Å². The van der Waals surface area contributed by atoms with Crippen LogP contribution < -0.4 is 10.6 Å². The van der Waals surface area contributed by atoms with Gasteiger partial charge in [0.2, 0.25) is 0 Å². The zero-order valence-electron chi connectivity index (χ0n) is 11.9. The highest BCUT2D eigenvalue weighted by Crippen LogP contribution is 2.22. The van der Waals surface area contributed by atoms with E-state index in [1.807, 2.05) is 6.92 Å². The summed E-state index contributed by atoms with van der Waals surface area (Å²) in [5.41, 5.74) is 2.49. The summed E-state index contributed by atoms with van der Waals surface area (Å²) in [6.45, 7) is 6.21. The van der Waals surface area contributed by atoms with E-state index in [4.69, 9.17) is 0 Å².